The summed E-state index contributed by atoms with van der Waals surface area (Å²) >= 11 is 3.55. The number of nitrogens with zero attached hydrogens (tertiary/aromatic N) is 3. The number of aryl methyl sites for hydroxylation is 2. The molecule has 0 radical (unpaired) electrons. The zero-order chi connectivity index (χ0) is 14.8. The van der Waals surface area contributed by atoms with Crippen molar-refractivity contribution in [3.8, 4) is 6.07 Å². The van der Waals surface area contributed by atoms with Gasteiger partial charge in [0, 0.05) is 18.3 Å². The minimum absolute atomic E-state index is 0.353. The Morgan fingerprint density at radius 1 is 1.50 bits per heavy atom. The van der Waals surface area contributed by atoms with E-state index >= 15 is 0 Å². The maximum atomic E-state index is 9.51. The fourth-order valence-corrected chi connectivity index (χ4v) is 2.84. The lowest BCUT2D eigenvalue weighted by Crippen LogP contribution is -2.44. The summed E-state index contributed by atoms with van der Waals surface area (Å²) in [4.78, 5) is 0. The number of nitrogens with one attached hydrogen (secondary N) is 1. The highest BCUT2D eigenvalue weighted by Crippen LogP contribution is 2.27. The van der Waals surface area contributed by atoms with E-state index in [0.717, 1.165) is 41.7 Å². The molecule has 1 atom stereocenters. The fraction of sp³-hybridized carbons (Fsp3) is 0.733. The average Bonchev–Trinajstić information content (AvgIpc) is 3.23. The second-order valence-corrected chi connectivity index (χ2v) is 6.57. The molecule has 0 aromatic carbocycles. The summed E-state index contributed by atoms with van der Waals surface area (Å²) in [6.45, 7) is 7.05. The van der Waals surface area contributed by atoms with Gasteiger partial charge in [-0.3, -0.25) is 10.00 Å². The van der Waals surface area contributed by atoms with Crippen LogP contribution in [0.25, 0.3) is 0 Å². The van der Waals surface area contributed by atoms with E-state index in [2.05, 4.69) is 46.3 Å². The zero-order valence-corrected chi connectivity index (χ0v) is 14.1. The third kappa shape index (κ3) is 3.42. The van der Waals surface area contributed by atoms with Crippen LogP contribution in [-0.2, 0) is 6.54 Å². The number of rotatable bonds is 7. The number of nitriles is 1. The molecule has 1 aromatic rings. The van der Waals surface area contributed by atoms with Gasteiger partial charge in [-0.1, -0.05) is 6.92 Å². The standard InChI is InChI=1S/C15H23BrN4/c1-4-15(10-17,18-13-6-7-13)8-5-9-20-12(3)14(16)11(2)19-20/h13,18H,4-9H2,1-3H3. The molecular weight excluding hydrogens is 316 g/mol. The minimum Gasteiger partial charge on any atom is -0.297 e. The van der Waals surface area contributed by atoms with E-state index in [4.69, 9.17) is 0 Å². The molecule has 0 amide bonds. The van der Waals surface area contributed by atoms with Gasteiger partial charge in [0.15, 0.2) is 0 Å². The Morgan fingerprint density at radius 3 is 2.65 bits per heavy atom. The molecule has 1 aliphatic rings. The largest absolute Gasteiger partial charge is 0.297 e. The normalized spacial score (nSPS) is 17.8. The van der Waals surface area contributed by atoms with Crippen molar-refractivity contribution in [2.45, 2.75) is 71.0 Å². The third-order valence-electron chi connectivity index (χ3n) is 4.14. The maximum absolute atomic E-state index is 9.51. The molecule has 110 valence electrons. The molecule has 1 saturated carbocycles. The maximum Gasteiger partial charge on any atom is 0.106 e. The van der Waals surface area contributed by atoms with Crippen molar-refractivity contribution in [1.82, 2.24) is 15.1 Å². The quantitative estimate of drug-likeness (QED) is 0.828. The van der Waals surface area contributed by atoms with E-state index in [1.807, 2.05) is 11.6 Å². The summed E-state index contributed by atoms with van der Waals surface area (Å²) in [6, 6.07) is 3.07. The molecule has 1 aromatic heterocycles. The monoisotopic (exact) mass is 338 g/mol. The van der Waals surface area contributed by atoms with Crippen molar-refractivity contribution in [1.29, 1.82) is 5.26 Å². The minimum atomic E-state index is -0.353. The Labute approximate surface area is 129 Å². The molecule has 1 fully saturated rings. The fourth-order valence-electron chi connectivity index (χ4n) is 2.56. The Morgan fingerprint density at radius 2 is 2.20 bits per heavy atom. The molecule has 4 nitrogen and oxygen atoms in total. The highest BCUT2D eigenvalue weighted by Gasteiger charge is 2.34. The number of hydrogen-bond acceptors (Lipinski definition) is 3. The van der Waals surface area contributed by atoms with E-state index in [9.17, 15) is 5.26 Å². The van der Waals surface area contributed by atoms with Crippen LogP contribution in [0.3, 0.4) is 0 Å². The van der Waals surface area contributed by atoms with Crippen LogP contribution in [0.2, 0.25) is 0 Å². The van der Waals surface area contributed by atoms with Crippen LogP contribution >= 0.6 is 15.9 Å². The smallest absolute Gasteiger partial charge is 0.106 e. The first-order valence-corrected chi connectivity index (χ1v) is 8.19. The number of halogens is 1. The van der Waals surface area contributed by atoms with Crippen LogP contribution in [0.5, 0.6) is 0 Å². The summed E-state index contributed by atoms with van der Waals surface area (Å²) in [7, 11) is 0. The zero-order valence-electron chi connectivity index (χ0n) is 12.5. The summed E-state index contributed by atoms with van der Waals surface area (Å²) in [6.07, 6.45) is 5.14. The molecule has 1 heterocycles. The molecule has 0 saturated heterocycles. The van der Waals surface area contributed by atoms with E-state index in [1.165, 1.54) is 12.8 Å². The highest BCUT2D eigenvalue weighted by atomic mass is 79.9. The van der Waals surface area contributed by atoms with Crippen LogP contribution in [0.4, 0.5) is 0 Å². The number of aromatic nitrogens is 2. The Kier molecular flexibility index (Phi) is 4.87. The van der Waals surface area contributed by atoms with Crippen molar-refractivity contribution >= 4 is 15.9 Å². The topological polar surface area (TPSA) is 53.6 Å². The SMILES string of the molecule is CCC(C#N)(CCCn1nc(C)c(Br)c1C)NC1CC1. The first-order chi connectivity index (χ1) is 9.51. The lowest BCUT2D eigenvalue weighted by molar-refractivity contribution is 0.347. The van der Waals surface area contributed by atoms with E-state index < -0.39 is 0 Å². The molecule has 2 rings (SSSR count). The molecular formula is C15H23BrN4. The average molecular weight is 339 g/mol. The highest BCUT2D eigenvalue weighted by molar-refractivity contribution is 9.10. The van der Waals surface area contributed by atoms with Gasteiger partial charge in [-0.05, 0) is 61.9 Å². The Balaban J connectivity index is 1.92. The van der Waals surface area contributed by atoms with Gasteiger partial charge in [-0.15, -0.1) is 0 Å². The van der Waals surface area contributed by atoms with Crippen LogP contribution < -0.4 is 5.32 Å². The summed E-state index contributed by atoms with van der Waals surface area (Å²) < 4.78 is 3.13. The van der Waals surface area contributed by atoms with Gasteiger partial charge < -0.3 is 0 Å². The summed E-state index contributed by atoms with van der Waals surface area (Å²) in [5.41, 5.74) is 1.84. The van der Waals surface area contributed by atoms with Gasteiger partial charge in [0.1, 0.15) is 5.54 Å². The van der Waals surface area contributed by atoms with Gasteiger partial charge >= 0.3 is 0 Å². The molecule has 0 bridgehead atoms. The van der Waals surface area contributed by atoms with Gasteiger partial charge in [0.25, 0.3) is 0 Å². The van der Waals surface area contributed by atoms with Gasteiger partial charge in [-0.25, -0.2) is 0 Å². The van der Waals surface area contributed by atoms with E-state index in [1.54, 1.807) is 0 Å². The first-order valence-electron chi connectivity index (χ1n) is 7.40. The molecule has 5 heteroatoms. The van der Waals surface area contributed by atoms with Crippen LogP contribution in [0.1, 0.15) is 50.4 Å². The lowest BCUT2D eigenvalue weighted by atomic mass is 9.92. The van der Waals surface area contributed by atoms with Crippen LogP contribution in [-0.4, -0.2) is 21.4 Å². The molecule has 0 spiro atoms. The van der Waals surface area contributed by atoms with Gasteiger partial charge in [0.05, 0.1) is 16.2 Å². The molecule has 0 aliphatic heterocycles. The summed E-state index contributed by atoms with van der Waals surface area (Å²) in [5, 5.41) is 17.6. The first kappa shape index (κ1) is 15.5. The predicted octanol–water partition coefficient (Wildman–Crippen LogP) is 3.47. The van der Waals surface area contributed by atoms with Crippen molar-refractivity contribution < 1.29 is 0 Å². The second kappa shape index (κ2) is 6.28. The van der Waals surface area contributed by atoms with Gasteiger partial charge in [-0.2, -0.15) is 10.4 Å². The van der Waals surface area contributed by atoms with Gasteiger partial charge in [0.2, 0.25) is 0 Å². The third-order valence-corrected chi connectivity index (χ3v) is 5.29. The molecule has 1 N–H and O–H groups in total. The Bertz CT molecular complexity index is 513. The van der Waals surface area contributed by atoms with E-state index in [-0.39, 0.29) is 5.54 Å². The summed E-state index contributed by atoms with van der Waals surface area (Å²) in [5.74, 6) is 0. The molecule has 20 heavy (non-hydrogen) atoms. The van der Waals surface area contributed by atoms with Crippen LogP contribution in [0.15, 0.2) is 4.47 Å². The van der Waals surface area contributed by atoms with E-state index in [0.29, 0.717) is 6.04 Å². The lowest BCUT2D eigenvalue weighted by Gasteiger charge is -2.26. The van der Waals surface area contributed by atoms with Crippen molar-refractivity contribution in [3.05, 3.63) is 15.9 Å². The Hall–Kier alpha value is -0.860. The van der Waals surface area contributed by atoms with Crippen molar-refractivity contribution in [2.75, 3.05) is 0 Å². The van der Waals surface area contributed by atoms with Crippen LogP contribution in [0, 0.1) is 25.2 Å². The van der Waals surface area contributed by atoms with Crippen molar-refractivity contribution in [2.24, 2.45) is 0 Å². The number of hydrogen-bond donors (Lipinski definition) is 1. The molecule has 1 aliphatic carbocycles. The van der Waals surface area contributed by atoms with Crippen molar-refractivity contribution in [3.63, 3.8) is 0 Å². The predicted molar refractivity (Wildman–Crippen MR) is 83.4 cm³/mol. The second-order valence-electron chi connectivity index (χ2n) is 5.78. The molecule has 1 unspecified atom stereocenters.